The predicted molar refractivity (Wildman–Crippen MR) is 158 cm³/mol. The van der Waals surface area contributed by atoms with Crippen molar-refractivity contribution in [3.8, 4) is 5.75 Å². The predicted octanol–water partition coefficient (Wildman–Crippen LogP) is 7.25. The van der Waals surface area contributed by atoms with E-state index in [1.807, 2.05) is 69.3 Å². The zero-order valence-corrected chi connectivity index (χ0v) is 25.2. The van der Waals surface area contributed by atoms with Crippen LogP contribution in [0, 0.1) is 0 Å². The van der Waals surface area contributed by atoms with Crippen LogP contribution in [0.4, 0.5) is 0 Å². The molecule has 0 aliphatic rings. The lowest BCUT2D eigenvalue weighted by molar-refractivity contribution is -0.143. The fourth-order valence-corrected chi connectivity index (χ4v) is 4.81. The summed E-state index contributed by atoms with van der Waals surface area (Å²) in [6.45, 7) is 7.73. The Morgan fingerprint density at radius 2 is 1.63 bits per heavy atom. The van der Waals surface area contributed by atoms with Gasteiger partial charge in [0.05, 0.1) is 14.5 Å². The normalized spacial score (nSPS) is 12.1. The Morgan fingerprint density at radius 3 is 2.24 bits per heavy atom. The van der Waals surface area contributed by atoms with Gasteiger partial charge in [-0.25, -0.2) is 0 Å². The Kier molecular flexibility index (Phi) is 10.7. The monoisotopic (exact) mass is 618 g/mol. The molecule has 5 nitrogen and oxygen atoms in total. The summed E-state index contributed by atoms with van der Waals surface area (Å²) in [5.74, 6) is -0.0143. The van der Waals surface area contributed by atoms with Gasteiger partial charge >= 0.3 is 0 Å². The van der Waals surface area contributed by atoms with E-state index < -0.39 is 11.6 Å². The molecule has 0 saturated carbocycles. The Bertz CT molecular complexity index is 1260. The van der Waals surface area contributed by atoms with E-state index in [1.165, 1.54) is 0 Å². The molecule has 0 fully saturated rings. The first kappa shape index (κ1) is 30.0. The van der Waals surface area contributed by atoms with Crippen LogP contribution in [0.15, 0.2) is 71.2 Å². The van der Waals surface area contributed by atoms with Crippen LogP contribution < -0.4 is 10.1 Å². The van der Waals surface area contributed by atoms with Crippen molar-refractivity contribution in [1.82, 2.24) is 10.2 Å². The number of aryl methyl sites for hydroxylation is 1. The van der Waals surface area contributed by atoms with Gasteiger partial charge in [-0.15, -0.1) is 0 Å². The number of carbonyl (C=O) groups excluding carboxylic acids is 2. The van der Waals surface area contributed by atoms with Gasteiger partial charge in [0.2, 0.25) is 5.91 Å². The molecule has 1 atom stereocenters. The topological polar surface area (TPSA) is 58.6 Å². The van der Waals surface area contributed by atoms with Crippen LogP contribution in [0.1, 0.15) is 44.4 Å². The number of rotatable bonds is 10. The standard InChI is InChI=1S/C30H33BrCl2N2O3/c1-5-20-12-14-27(23(31)15-20)38-19-28(36)35(18-22-11-13-24(32)25(33)16-22)26(29(37)34-30(2,3)4)17-21-9-7-6-8-10-21/h6-16,26H,5,17-19H2,1-4H3,(H,34,37). The highest BCUT2D eigenvalue weighted by atomic mass is 79.9. The first-order valence-corrected chi connectivity index (χ1v) is 14.0. The van der Waals surface area contributed by atoms with Crippen LogP contribution in [0.25, 0.3) is 0 Å². The number of ether oxygens (including phenoxy) is 1. The van der Waals surface area contributed by atoms with E-state index in [0.717, 1.165) is 27.6 Å². The van der Waals surface area contributed by atoms with Crippen molar-refractivity contribution in [2.24, 2.45) is 0 Å². The molecule has 3 aromatic carbocycles. The molecule has 8 heteroatoms. The number of nitrogens with zero attached hydrogens (tertiary/aromatic N) is 1. The molecular weight excluding hydrogens is 587 g/mol. The SMILES string of the molecule is CCc1ccc(OCC(=O)N(Cc2ccc(Cl)c(Cl)c2)C(Cc2ccccc2)C(=O)NC(C)(C)C)c(Br)c1. The molecule has 0 heterocycles. The molecule has 38 heavy (non-hydrogen) atoms. The average Bonchev–Trinajstić information content (AvgIpc) is 2.86. The smallest absolute Gasteiger partial charge is 0.261 e. The molecule has 3 aromatic rings. The summed E-state index contributed by atoms with van der Waals surface area (Å²) in [6.07, 6.45) is 1.23. The van der Waals surface area contributed by atoms with Gasteiger partial charge in [-0.2, -0.15) is 0 Å². The van der Waals surface area contributed by atoms with Crippen molar-refractivity contribution in [1.29, 1.82) is 0 Å². The fraction of sp³-hybridized carbons (Fsp3) is 0.333. The van der Waals surface area contributed by atoms with E-state index in [9.17, 15) is 9.59 Å². The van der Waals surface area contributed by atoms with E-state index in [0.29, 0.717) is 22.2 Å². The molecule has 3 rings (SSSR count). The maximum Gasteiger partial charge on any atom is 0.261 e. The number of hydrogen-bond acceptors (Lipinski definition) is 3. The van der Waals surface area contributed by atoms with E-state index in [1.54, 1.807) is 23.1 Å². The van der Waals surface area contributed by atoms with Gasteiger partial charge < -0.3 is 15.0 Å². The Morgan fingerprint density at radius 1 is 0.947 bits per heavy atom. The van der Waals surface area contributed by atoms with E-state index in [2.05, 4.69) is 28.2 Å². The summed E-state index contributed by atoms with van der Waals surface area (Å²) < 4.78 is 6.69. The first-order chi connectivity index (χ1) is 18.0. The minimum Gasteiger partial charge on any atom is -0.483 e. The minimum atomic E-state index is -0.784. The van der Waals surface area contributed by atoms with Gasteiger partial charge in [0.1, 0.15) is 11.8 Å². The second-order valence-electron chi connectivity index (χ2n) is 10.1. The molecule has 0 aliphatic carbocycles. The summed E-state index contributed by atoms with van der Waals surface area (Å²) in [6, 6.07) is 19.8. The molecule has 1 unspecified atom stereocenters. The molecule has 2 amide bonds. The highest BCUT2D eigenvalue weighted by molar-refractivity contribution is 9.10. The van der Waals surface area contributed by atoms with Gasteiger partial charge in [0.25, 0.3) is 5.91 Å². The maximum absolute atomic E-state index is 13.8. The van der Waals surface area contributed by atoms with Gasteiger partial charge in [-0.05, 0) is 84.1 Å². The largest absolute Gasteiger partial charge is 0.483 e. The van der Waals surface area contributed by atoms with Gasteiger partial charge in [-0.3, -0.25) is 9.59 Å². The minimum absolute atomic E-state index is 0.157. The van der Waals surface area contributed by atoms with E-state index in [-0.39, 0.29) is 25.0 Å². The second kappa shape index (κ2) is 13.5. The second-order valence-corrected chi connectivity index (χ2v) is 11.8. The van der Waals surface area contributed by atoms with Crippen LogP contribution in [0.5, 0.6) is 5.75 Å². The molecule has 0 aromatic heterocycles. The number of hydrogen-bond donors (Lipinski definition) is 1. The third kappa shape index (κ3) is 8.75. The molecule has 0 bridgehead atoms. The third-order valence-corrected chi connectivity index (χ3v) is 7.22. The van der Waals surface area contributed by atoms with Crippen molar-refractivity contribution < 1.29 is 14.3 Å². The lowest BCUT2D eigenvalue weighted by Gasteiger charge is -2.34. The van der Waals surface area contributed by atoms with Crippen molar-refractivity contribution >= 4 is 50.9 Å². The van der Waals surface area contributed by atoms with Crippen LogP contribution in [0.2, 0.25) is 10.0 Å². The van der Waals surface area contributed by atoms with Crippen LogP contribution >= 0.6 is 39.1 Å². The third-order valence-electron chi connectivity index (χ3n) is 5.86. The van der Waals surface area contributed by atoms with Gasteiger partial charge in [0.15, 0.2) is 6.61 Å². The summed E-state index contributed by atoms with van der Waals surface area (Å²) >= 11 is 15.9. The van der Waals surface area contributed by atoms with Crippen molar-refractivity contribution in [3.63, 3.8) is 0 Å². The Hall–Kier alpha value is -2.54. The lowest BCUT2D eigenvalue weighted by Crippen LogP contribution is -2.55. The van der Waals surface area contributed by atoms with Gasteiger partial charge in [-0.1, -0.05) is 72.6 Å². The Balaban J connectivity index is 1.95. The number of benzene rings is 3. The molecular formula is C30H33BrCl2N2O3. The first-order valence-electron chi connectivity index (χ1n) is 12.5. The van der Waals surface area contributed by atoms with Crippen LogP contribution in [-0.2, 0) is 29.0 Å². The average molecular weight is 620 g/mol. The van der Waals surface area contributed by atoms with Crippen molar-refractivity contribution in [3.05, 3.63) is 97.9 Å². The number of amides is 2. The number of halogens is 3. The molecule has 1 N–H and O–H groups in total. The summed E-state index contributed by atoms with van der Waals surface area (Å²) in [7, 11) is 0. The summed E-state index contributed by atoms with van der Waals surface area (Å²) in [5, 5.41) is 3.85. The van der Waals surface area contributed by atoms with Crippen LogP contribution in [-0.4, -0.2) is 34.9 Å². The highest BCUT2D eigenvalue weighted by Gasteiger charge is 2.32. The zero-order chi connectivity index (χ0) is 27.9. The molecule has 0 radical (unpaired) electrons. The van der Waals surface area contributed by atoms with E-state index >= 15 is 0 Å². The van der Waals surface area contributed by atoms with Crippen molar-refractivity contribution in [2.75, 3.05) is 6.61 Å². The van der Waals surface area contributed by atoms with Gasteiger partial charge in [0, 0.05) is 18.5 Å². The summed E-state index contributed by atoms with van der Waals surface area (Å²) in [4.78, 5) is 28.9. The molecule has 0 aliphatic heterocycles. The quantitative estimate of drug-likeness (QED) is 0.260. The molecule has 0 saturated heterocycles. The maximum atomic E-state index is 13.8. The van der Waals surface area contributed by atoms with E-state index in [4.69, 9.17) is 27.9 Å². The lowest BCUT2D eigenvalue weighted by atomic mass is 10.0. The zero-order valence-electron chi connectivity index (χ0n) is 22.1. The fourth-order valence-electron chi connectivity index (χ4n) is 3.95. The number of carbonyl (C=O) groups is 2. The Labute approximate surface area is 243 Å². The number of nitrogens with one attached hydrogen (secondary N) is 1. The van der Waals surface area contributed by atoms with Crippen molar-refractivity contribution in [2.45, 2.75) is 58.7 Å². The molecule has 202 valence electrons. The highest BCUT2D eigenvalue weighted by Crippen LogP contribution is 2.27. The summed E-state index contributed by atoms with van der Waals surface area (Å²) in [5.41, 5.74) is 2.36. The molecule has 0 spiro atoms. The van der Waals surface area contributed by atoms with Crippen LogP contribution in [0.3, 0.4) is 0 Å².